The Bertz CT molecular complexity index is 2610. The average Bonchev–Trinajstić information content (AvgIpc) is 3.19. The Labute approximate surface area is 297 Å². The van der Waals surface area contributed by atoms with Crippen LogP contribution in [-0.4, -0.2) is 9.97 Å². The summed E-state index contributed by atoms with van der Waals surface area (Å²) in [6.45, 7) is 4.70. The SMILES string of the molecule is CC1(C)c2ccccc2C2(c3ccccc3Oc3cc(-c4cccc(-c5cccc6nc(-c7ccccc7)ncc56)c4)ccc32)c2ccccc21. The minimum Gasteiger partial charge on any atom is -0.457 e. The molecule has 3 nitrogen and oxygen atoms in total. The van der Waals surface area contributed by atoms with Crippen LogP contribution in [-0.2, 0) is 10.8 Å². The molecule has 7 aromatic carbocycles. The molecule has 0 N–H and O–H groups in total. The predicted octanol–water partition coefficient (Wildman–Crippen LogP) is 11.8. The summed E-state index contributed by atoms with van der Waals surface area (Å²) in [6.07, 6.45) is 1.96. The Balaban J connectivity index is 1.13. The van der Waals surface area contributed by atoms with Gasteiger partial charge < -0.3 is 4.74 Å². The summed E-state index contributed by atoms with van der Waals surface area (Å²) in [5.74, 6) is 2.51. The third-order valence-corrected chi connectivity index (χ3v) is 11.1. The number of hydrogen-bond donors (Lipinski definition) is 0. The number of benzene rings is 7. The second-order valence-corrected chi connectivity index (χ2v) is 14.2. The van der Waals surface area contributed by atoms with Gasteiger partial charge in [-0.25, -0.2) is 9.97 Å². The molecule has 0 amide bonds. The van der Waals surface area contributed by atoms with Crippen molar-refractivity contribution in [1.29, 1.82) is 0 Å². The van der Waals surface area contributed by atoms with Crippen LogP contribution in [0.1, 0.15) is 47.2 Å². The number of nitrogens with zero attached hydrogens (tertiary/aromatic N) is 2. The maximum Gasteiger partial charge on any atom is 0.159 e. The van der Waals surface area contributed by atoms with Gasteiger partial charge in [0.15, 0.2) is 5.82 Å². The monoisotopic (exact) mass is 654 g/mol. The minimum absolute atomic E-state index is 0.151. The van der Waals surface area contributed by atoms with Crippen LogP contribution in [0.2, 0.25) is 0 Å². The standard InChI is InChI=1S/C48H34N2O/c1-47(2)37-19-6-8-21-39(37)48(40-22-9-7-20-38(40)47)41-23-10-11-25-44(41)51-45-29-33(26-27-42(45)48)32-16-12-17-34(28-32)35-18-13-24-43-36(35)30-49-46(50-43)31-14-4-3-5-15-31/h3-30H,1-2H3. The molecule has 1 aliphatic heterocycles. The van der Waals surface area contributed by atoms with E-state index >= 15 is 0 Å². The number of fused-ring (bicyclic) bond motifs is 9. The first-order valence-electron chi connectivity index (χ1n) is 17.6. The molecule has 242 valence electrons. The molecule has 0 saturated heterocycles. The molecular formula is C48H34N2O. The van der Waals surface area contributed by atoms with E-state index in [1.165, 1.54) is 27.8 Å². The van der Waals surface area contributed by atoms with Crippen LogP contribution in [0.3, 0.4) is 0 Å². The zero-order valence-corrected chi connectivity index (χ0v) is 28.5. The first-order chi connectivity index (χ1) is 25.0. The number of ether oxygens (including phenoxy) is 1. The second-order valence-electron chi connectivity index (χ2n) is 14.2. The largest absolute Gasteiger partial charge is 0.457 e. The van der Waals surface area contributed by atoms with Crippen LogP contribution in [0.4, 0.5) is 0 Å². The van der Waals surface area contributed by atoms with Crippen molar-refractivity contribution in [2.45, 2.75) is 24.7 Å². The van der Waals surface area contributed by atoms with Gasteiger partial charge in [0.25, 0.3) is 0 Å². The van der Waals surface area contributed by atoms with Crippen molar-refractivity contribution >= 4 is 10.9 Å². The molecule has 0 atom stereocenters. The van der Waals surface area contributed by atoms with E-state index in [0.717, 1.165) is 61.6 Å². The highest BCUT2D eigenvalue weighted by Crippen LogP contribution is 2.61. The number of para-hydroxylation sites is 1. The molecule has 51 heavy (non-hydrogen) atoms. The molecule has 2 aliphatic rings. The quantitative estimate of drug-likeness (QED) is 0.190. The lowest BCUT2D eigenvalue weighted by molar-refractivity contribution is 0.425. The van der Waals surface area contributed by atoms with Crippen LogP contribution >= 0.6 is 0 Å². The van der Waals surface area contributed by atoms with Gasteiger partial charge >= 0.3 is 0 Å². The second kappa shape index (κ2) is 11.1. The maximum absolute atomic E-state index is 6.85. The van der Waals surface area contributed by atoms with E-state index in [2.05, 4.69) is 147 Å². The van der Waals surface area contributed by atoms with Crippen LogP contribution < -0.4 is 4.74 Å². The van der Waals surface area contributed by atoms with Crippen molar-refractivity contribution in [3.8, 4) is 45.1 Å². The van der Waals surface area contributed by atoms with E-state index < -0.39 is 5.41 Å². The summed E-state index contributed by atoms with van der Waals surface area (Å²) in [7, 11) is 0. The highest BCUT2D eigenvalue weighted by molar-refractivity contribution is 5.95. The van der Waals surface area contributed by atoms with Gasteiger partial charge in [-0.3, -0.25) is 0 Å². The van der Waals surface area contributed by atoms with Crippen molar-refractivity contribution in [1.82, 2.24) is 9.97 Å². The fraction of sp³-hybridized carbons (Fsp3) is 0.0833. The summed E-state index contributed by atoms with van der Waals surface area (Å²) >= 11 is 0. The Kier molecular flexibility index (Phi) is 6.44. The normalized spacial score (nSPS) is 14.5. The summed E-state index contributed by atoms with van der Waals surface area (Å²) in [5.41, 5.74) is 13.4. The van der Waals surface area contributed by atoms with E-state index in [9.17, 15) is 0 Å². The van der Waals surface area contributed by atoms with Gasteiger partial charge in [-0.05, 0) is 68.8 Å². The van der Waals surface area contributed by atoms with Gasteiger partial charge in [0.2, 0.25) is 0 Å². The highest BCUT2D eigenvalue weighted by atomic mass is 16.5. The van der Waals surface area contributed by atoms with E-state index in [1.54, 1.807) is 0 Å². The minimum atomic E-state index is -0.519. The van der Waals surface area contributed by atoms with Crippen molar-refractivity contribution < 1.29 is 4.74 Å². The smallest absolute Gasteiger partial charge is 0.159 e. The van der Waals surface area contributed by atoms with E-state index in [-0.39, 0.29) is 5.41 Å². The van der Waals surface area contributed by atoms with Crippen LogP contribution in [0.5, 0.6) is 11.5 Å². The maximum atomic E-state index is 6.85. The molecule has 1 aliphatic carbocycles. The van der Waals surface area contributed by atoms with Crippen LogP contribution in [0.25, 0.3) is 44.5 Å². The fourth-order valence-corrected chi connectivity index (χ4v) is 8.71. The summed E-state index contributed by atoms with van der Waals surface area (Å²) in [6, 6.07) is 58.6. The van der Waals surface area contributed by atoms with E-state index in [0.29, 0.717) is 0 Å². The lowest BCUT2D eigenvalue weighted by Gasteiger charge is -2.50. The lowest BCUT2D eigenvalue weighted by Crippen LogP contribution is -2.43. The van der Waals surface area contributed by atoms with Gasteiger partial charge in [0.05, 0.1) is 10.9 Å². The molecule has 3 heteroatoms. The molecule has 1 aromatic heterocycles. The Morgan fingerprint density at radius 2 is 1.04 bits per heavy atom. The molecule has 2 heterocycles. The van der Waals surface area contributed by atoms with E-state index in [4.69, 9.17) is 14.7 Å². The van der Waals surface area contributed by atoms with Crippen molar-refractivity contribution in [2.75, 3.05) is 0 Å². The van der Waals surface area contributed by atoms with Crippen molar-refractivity contribution in [3.05, 3.63) is 203 Å². The van der Waals surface area contributed by atoms with Gasteiger partial charge in [-0.1, -0.05) is 153 Å². The van der Waals surface area contributed by atoms with Gasteiger partial charge in [0, 0.05) is 33.7 Å². The van der Waals surface area contributed by atoms with Crippen molar-refractivity contribution in [3.63, 3.8) is 0 Å². The zero-order chi connectivity index (χ0) is 34.2. The molecule has 1 spiro atoms. The van der Waals surface area contributed by atoms with Gasteiger partial charge in [-0.15, -0.1) is 0 Å². The first-order valence-corrected chi connectivity index (χ1v) is 17.6. The zero-order valence-electron chi connectivity index (χ0n) is 28.5. The molecule has 0 bridgehead atoms. The van der Waals surface area contributed by atoms with E-state index in [1.807, 2.05) is 36.5 Å². The number of hydrogen-bond acceptors (Lipinski definition) is 3. The highest BCUT2D eigenvalue weighted by Gasteiger charge is 2.52. The van der Waals surface area contributed by atoms with Crippen molar-refractivity contribution in [2.24, 2.45) is 0 Å². The number of aromatic nitrogens is 2. The Morgan fingerprint density at radius 3 is 1.80 bits per heavy atom. The Hall–Kier alpha value is -6.32. The summed E-state index contributed by atoms with van der Waals surface area (Å²) in [5, 5.41) is 1.03. The molecular weight excluding hydrogens is 621 g/mol. The van der Waals surface area contributed by atoms with Crippen LogP contribution in [0.15, 0.2) is 170 Å². The predicted molar refractivity (Wildman–Crippen MR) is 206 cm³/mol. The molecule has 10 rings (SSSR count). The summed E-state index contributed by atoms with van der Waals surface area (Å²) < 4.78 is 6.85. The van der Waals surface area contributed by atoms with Crippen LogP contribution in [0, 0.1) is 0 Å². The topological polar surface area (TPSA) is 35.0 Å². The molecule has 0 fully saturated rings. The average molecular weight is 655 g/mol. The molecule has 0 radical (unpaired) electrons. The Morgan fingerprint density at radius 1 is 0.451 bits per heavy atom. The molecule has 8 aromatic rings. The fourth-order valence-electron chi connectivity index (χ4n) is 8.71. The van der Waals surface area contributed by atoms with Gasteiger partial charge in [0.1, 0.15) is 11.5 Å². The molecule has 0 saturated carbocycles. The van der Waals surface area contributed by atoms with Gasteiger partial charge in [-0.2, -0.15) is 0 Å². The first kappa shape index (κ1) is 29.6. The molecule has 0 unspecified atom stereocenters. The third kappa shape index (κ3) is 4.31. The summed E-state index contributed by atoms with van der Waals surface area (Å²) in [4.78, 5) is 9.70. The lowest BCUT2D eigenvalue weighted by atomic mass is 9.53. The number of rotatable bonds is 3. The third-order valence-electron chi connectivity index (χ3n) is 11.1.